The fourth-order valence-corrected chi connectivity index (χ4v) is 4.97. The number of aromatic amines is 1. The number of hydrogen-bond acceptors (Lipinski definition) is 5. The molecule has 122 valence electrons. The predicted octanol–water partition coefficient (Wildman–Crippen LogP) is 3.78. The number of fused-ring (bicyclic) bond motifs is 1. The van der Waals surface area contributed by atoms with Crippen LogP contribution in [0.25, 0.3) is 0 Å². The van der Waals surface area contributed by atoms with Gasteiger partial charge in [0.15, 0.2) is 5.82 Å². The van der Waals surface area contributed by atoms with E-state index in [-0.39, 0.29) is 10.8 Å². The molecule has 2 aromatic heterocycles. The van der Waals surface area contributed by atoms with Crippen LogP contribution in [0.2, 0.25) is 0 Å². The summed E-state index contributed by atoms with van der Waals surface area (Å²) in [5.74, 6) is 1.57. The van der Waals surface area contributed by atoms with Crippen molar-refractivity contribution in [3.05, 3.63) is 32.9 Å². The van der Waals surface area contributed by atoms with Crippen LogP contribution in [-0.4, -0.2) is 20.0 Å². The third-order valence-electron chi connectivity index (χ3n) is 4.79. The highest BCUT2D eigenvalue weighted by Gasteiger charge is 2.35. The molecule has 23 heavy (non-hydrogen) atoms. The maximum atomic E-state index is 12.7. The van der Waals surface area contributed by atoms with Crippen molar-refractivity contribution in [2.45, 2.75) is 57.7 Å². The van der Waals surface area contributed by atoms with Gasteiger partial charge in [-0.3, -0.25) is 14.6 Å². The number of aromatic nitrogens is 3. The minimum absolute atomic E-state index is 0.0411. The highest BCUT2D eigenvalue weighted by molar-refractivity contribution is 8.14. The van der Waals surface area contributed by atoms with Crippen molar-refractivity contribution in [1.29, 1.82) is 0 Å². The van der Waals surface area contributed by atoms with Gasteiger partial charge in [0.25, 0.3) is 5.56 Å². The Balaban J connectivity index is 1.89. The number of rotatable bonds is 2. The second-order valence-electron chi connectivity index (χ2n) is 6.35. The largest absolute Gasteiger partial charge is 0.361 e. The molecule has 7 heteroatoms. The van der Waals surface area contributed by atoms with Crippen molar-refractivity contribution in [2.75, 3.05) is 0 Å². The molecule has 3 heterocycles. The molecule has 1 atom stereocenters. The van der Waals surface area contributed by atoms with Gasteiger partial charge in [0.1, 0.15) is 5.76 Å². The lowest BCUT2D eigenvalue weighted by atomic mass is 10.0. The van der Waals surface area contributed by atoms with E-state index in [1.54, 1.807) is 11.8 Å². The molecule has 0 spiro atoms. The number of thioether (sulfide) groups is 1. The number of aryl methyl sites for hydroxylation is 2. The van der Waals surface area contributed by atoms with Gasteiger partial charge in [0.05, 0.1) is 27.6 Å². The molecule has 0 unspecified atom stereocenters. The topological polar surface area (TPSA) is 76.2 Å². The van der Waals surface area contributed by atoms with Crippen molar-refractivity contribution in [3.8, 4) is 0 Å². The quantitative estimate of drug-likeness (QED) is 0.908. The van der Waals surface area contributed by atoms with Gasteiger partial charge in [0.2, 0.25) is 0 Å². The summed E-state index contributed by atoms with van der Waals surface area (Å²) < 4.78 is 7.32. The van der Waals surface area contributed by atoms with Gasteiger partial charge in [-0.05, 0) is 33.6 Å². The van der Waals surface area contributed by atoms with Gasteiger partial charge >= 0.3 is 0 Å². The monoisotopic (exact) mass is 332 g/mol. The van der Waals surface area contributed by atoms with Crippen molar-refractivity contribution in [1.82, 2.24) is 14.9 Å². The van der Waals surface area contributed by atoms with Crippen LogP contribution in [0.15, 0.2) is 14.3 Å². The molecular formula is C16H20N4O2S. The lowest BCUT2D eigenvalue weighted by Gasteiger charge is -2.21. The highest BCUT2D eigenvalue weighted by atomic mass is 32.2. The predicted molar refractivity (Wildman–Crippen MR) is 90.7 cm³/mol. The first-order chi connectivity index (χ1) is 11.1. The molecule has 0 saturated heterocycles. The Morgan fingerprint density at radius 3 is 2.61 bits per heavy atom. The molecule has 4 rings (SSSR count). The smallest absolute Gasteiger partial charge is 0.271 e. The van der Waals surface area contributed by atoms with E-state index in [0.717, 1.165) is 46.3 Å². The number of nitrogens with one attached hydrogen (secondary N) is 1. The first-order valence-corrected chi connectivity index (χ1v) is 8.93. The van der Waals surface area contributed by atoms with E-state index in [0.29, 0.717) is 6.04 Å². The van der Waals surface area contributed by atoms with E-state index in [1.807, 2.05) is 25.5 Å². The van der Waals surface area contributed by atoms with E-state index >= 15 is 0 Å². The summed E-state index contributed by atoms with van der Waals surface area (Å²) in [5.41, 5.74) is 2.54. The van der Waals surface area contributed by atoms with Crippen LogP contribution in [0.1, 0.15) is 66.5 Å². The van der Waals surface area contributed by atoms with Gasteiger partial charge < -0.3 is 4.52 Å². The highest BCUT2D eigenvalue weighted by Crippen LogP contribution is 2.46. The Morgan fingerprint density at radius 2 is 1.96 bits per heavy atom. The molecule has 1 aliphatic carbocycles. The maximum Gasteiger partial charge on any atom is 0.271 e. The van der Waals surface area contributed by atoms with E-state index in [9.17, 15) is 4.79 Å². The molecule has 2 aromatic rings. The number of hydrogen-bond donors (Lipinski definition) is 1. The summed E-state index contributed by atoms with van der Waals surface area (Å²) in [5, 5.41) is 7.96. The number of aliphatic imine (C=N–C) groups is 1. The van der Waals surface area contributed by atoms with Gasteiger partial charge in [0, 0.05) is 5.56 Å². The van der Waals surface area contributed by atoms with Crippen molar-refractivity contribution < 1.29 is 4.52 Å². The fraction of sp³-hybridized carbons (Fsp3) is 0.562. The van der Waals surface area contributed by atoms with Gasteiger partial charge in [-0.1, -0.05) is 29.8 Å². The summed E-state index contributed by atoms with van der Waals surface area (Å²) in [6.45, 7) is 5.82. The van der Waals surface area contributed by atoms with Crippen LogP contribution in [0.5, 0.6) is 0 Å². The summed E-state index contributed by atoms with van der Waals surface area (Å²) in [6, 6.07) is 0.358. The summed E-state index contributed by atoms with van der Waals surface area (Å²) in [4.78, 5) is 17.4. The average Bonchev–Trinajstić information content (AvgIpc) is 3.20. The van der Waals surface area contributed by atoms with E-state index in [2.05, 4.69) is 10.3 Å². The number of H-pyrrole nitrogens is 1. The Bertz CT molecular complexity index is 819. The Kier molecular flexibility index (Phi) is 3.48. The molecular weight excluding hydrogens is 312 g/mol. The Hall–Kier alpha value is -1.76. The Labute approximate surface area is 138 Å². The second-order valence-corrected chi connectivity index (χ2v) is 7.65. The lowest BCUT2D eigenvalue weighted by molar-refractivity contribution is 0.392. The summed E-state index contributed by atoms with van der Waals surface area (Å²) in [6.07, 6.45) is 4.64. The van der Waals surface area contributed by atoms with Crippen molar-refractivity contribution in [2.24, 2.45) is 4.99 Å². The first kappa shape index (κ1) is 14.8. The standard InChI is InChI=1S/C16H20N4O2S/c1-8-12(9(2)22-19-8)14-13-15(17-10(3)23-14)20(18-16(13)21)11-6-4-5-7-11/h11,14H,4-7H2,1-3H3,(H,18,21)/t14-/m0/s1. The second kappa shape index (κ2) is 5.40. The molecule has 1 saturated carbocycles. The molecule has 0 aromatic carbocycles. The molecule has 0 bridgehead atoms. The maximum absolute atomic E-state index is 12.7. The third-order valence-corrected chi connectivity index (χ3v) is 5.93. The molecule has 0 amide bonds. The van der Waals surface area contributed by atoms with E-state index < -0.39 is 0 Å². The molecule has 1 aliphatic heterocycles. The molecule has 2 aliphatic rings. The normalized spacial score (nSPS) is 21.5. The minimum atomic E-state index is -0.0971. The van der Waals surface area contributed by atoms with Gasteiger partial charge in [-0.15, -0.1) is 0 Å². The Morgan fingerprint density at radius 1 is 1.22 bits per heavy atom. The average molecular weight is 332 g/mol. The van der Waals surface area contributed by atoms with Crippen LogP contribution in [0, 0.1) is 13.8 Å². The zero-order valence-corrected chi connectivity index (χ0v) is 14.4. The fourth-order valence-electron chi connectivity index (χ4n) is 3.70. The van der Waals surface area contributed by atoms with Crippen molar-refractivity contribution in [3.63, 3.8) is 0 Å². The molecule has 0 radical (unpaired) electrons. The third kappa shape index (κ3) is 2.29. The van der Waals surface area contributed by atoms with E-state index in [1.165, 1.54) is 12.8 Å². The minimum Gasteiger partial charge on any atom is -0.361 e. The molecule has 1 N–H and O–H groups in total. The zero-order valence-electron chi connectivity index (χ0n) is 13.5. The molecule has 6 nitrogen and oxygen atoms in total. The van der Waals surface area contributed by atoms with Crippen LogP contribution in [-0.2, 0) is 0 Å². The van der Waals surface area contributed by atoms with Crippen LogP contribution in [0.3, 0.4) is 0 Å². The first-order valence-electron chi connectivity index (χ1n) is 8.05. The van der Waals surface area contributed by atoms with Gasteiger partial charge in [-0.2, -0.15) is 0 Å². The number of nitrogens with zero attached hydrogens (tertiary/aromatic N) is 3. The van der Waals surface area contributed by atoms with Crippen molar-refractivity contribution >= 4 is 22.6 Å². The van der Waals surface area contributed by atoms with Crippen LogP contribution >= 0.6 is 11.8 Å². The SMILES string of the molecule is CC1=Nc2c(c(=O)[nH]n2C2CCCC2)[C@H](c2c(C)noc2C)S1. The summed E-state index contributed by atoms with van der Waals surface area (Å²) >= 11 is 1.60. The van der Waals surface area contributed by atoms with E-state index in [4.69, 9.17) is 9.52 Å². The zero-order chi connectivity index (χ0) is 16.1. The van der Waals surface area contributed by atoms with Crippen LogP contribution in [0.4, 0.5) is 5.82 Å². The summed E-state index contributed by atoms with van der Waals surface area (Å²) in [7, 11) is 0. The van der Waals surface area contributed by atoms with Crippen LogP contribution < -0.4 is 5.56 Å². The molecule has 1 fully saturated rings. The lowest BCUT2D eigenvalue weighted by Crippen LogP contribution is -2.14. The van der Waals surface area contributed by atoms with Gasteiger partial charge in [-0.25, -0.2) is 4.99 Å².